The number of hydrogen-bond donors (Lipinski definition) is 2. The molecule has 7 nitrogen and oxygen atoms in total. The number of likely N-dealkylation sites (tertiary alicyclic amines) is 1. The van der Waals surface area contributed by atoms with Crippen LogP contribution in [0.15, 0.2) is 24.3 Å². The van der Waals surface area contributed by atoms with E-state index in [2.05, 4.69) is 20.8 Å². The summed E-state index contributed by atoms with van der Waals surface area (Å²) >= 11 is 7.07. The quantitative estimate of drug-likeness (QED) is 0.802. The Labute approximate surface area is 167 Å². The van der Waals surface area contributed by atoms with Crippen LogP contribution >= 0.6 is 22.9 Å². The molecule has 1 saturated heterocycles. The van der Waals surface area contributed by atoms with Crippen molar-refractivity contribution in [3.8, 4) is 0 Å². The second-order valence-corrected chi connectivity index (χ2v) is 8.88. The zero-order valence-electron chi connectivity index (χ0n) is 15.5. The van der Waals surface area contributed by atoms with Crippen LogP contribution in [0.25, 0.3) is 0 Å². The van der Waals surface area contributed by atoms with Gasteiger partial charge in [0.25, 0.3) is 5.91 Å². The highest BCUT2D eigenvalue weighted by molar-refractivity contribution is 7.13. The number of aromatic nitrogens is 2. The monoisotopic (exact) mass is 407 g/mol. The van der Waals surface area contributed by atoms with Crippen molar-refractivity contribution in [2.45, 2.75) is 45.2 Å². The summed E-state index contributed by atoms with van der Waals surface area (Å²) in [5, 5.41) is 15.5. The molecule has 1 atom stereocenters. The van der Waals surface area contributed by atoms with Gasteiger partial charge < -0.3 is 15.5 Å². The standard InChI is InChI=1S/C18H22ClN5O2S/c1-18(2,3)21-17(26)24-10-4-5-13(24)15-22-23-16(27-15)14(25)20-12-8-6-11(19)7-9-12/h6-9,13H,4-5,10H2,1-3H3,(H,20,25)(H,21,26)/t13-/m0/s1. The molecule has 0 spiro atoms. The number of urea groups is 1. The Balaban J connectivity index is 1.69. The van der Waals surface area contributed by atoms with Crippen LogP contribution in [0.3, 0.4) is 0 Å². The molecule has 27 heavy (non-hydrogen) atoms. The molecule has 2 N–H and O–H groups in total. The summed E-state index contributed by atoms with van der Waals surface area (Å²) in [5.74, 6) is -0.329. The second kappa shape index (κ2) is 7.82. The first-order valence-corrected chi connectivity index (χ1v) is 9.91. The lowest BCUT2D eigenvalue weighted by Gasteiger charge is -2.28. The van der Waals surface area contributed by atoms with Gasteiger partial charge in [0.1, 0.15) is 5.01 Å². The summed E-state index contributed by atoms with van der Waals surface area (Å²) < 4.78 is 0. The summed E-state index contributed by atoms with van der Waals surface area (Å²) in [6, 6.07) is 6.57. The number of halogens is 1. The van der Waals surface area contributed by atoms with E-state index in [9.17, 15) is 9.59 Å². The molecule has 144 valence electrons. The van der Waals surface area contributed by atoms with Crippen molar-refractivity contribution in [1.29, 1.82) is 0 Å². The summed E-state index contributed by atoms with van der Waals surface area (Å²) in [6.45, 7) is 6.50. The molecule has 3 amide bonds. The van der Waals surface area contributed by atoms with Crippen molar-refractivity contribution in [2.75, 3.05) is 11.9 Å². The third-order valence-corrected chi connectivity index (χ3v) is 5.29. The number of carbonyl (C=O) groups is 2. The molecule has 9 heteroatoms. The van der Waals surface area contributed by atoms with Gasteiger partial charge >= 0.3 is 6.03 Å². The molecule has 1 fully saturated rings. The average molecular weight is 408 g/mol. The molecule has 0 radical (unpaired) electrons. The highest BCUT2D eigenvalue weighted by Gasteiger charge is 2.34. The molecule has 1 aromatic carbocycles. The van der Waals surface area contributed by atoms with Gasteiger partial charge in [0.15, 0.2) is 0 Å². The van der Waals surface area contributed by atoms with E-state index in [1.807, 2.05) is 20.8 Å². The fourth-order valence-electron chi connectivity index (χ4n) is 2.84. The lowest BCUT2D eigenvalue weighted by atomic mass is 10.1. The first-order chi connectivity index (χ1) is 12.7. The van der Waals surface area contributed by atoms with Crippen LogP contribution in [-0.4, -0.2) is 39.1 Å². The zero-order chi connectivity index (χ0) is 19.6. The molecule has 1 aliphatic heterocycles. The fraction of sp³-hybridized carbons (Fsp3) is 0.444. The second-order valence-electron chi connectivity index (χ2n) is 7.44. The van der Waals surface area contributed by atoms with Gasteiger partial charge in [0.05, 0.1) is 6.04 Å². The van der Waals surface area contributed by atoms with E-state index < -0.39 is 0 Å². The van der Waals surface area contributed by atoms with Gasteiger partial charge in [-0.25, -0.2) is 4.79 Å². The SMILES string of the molecule is CC(C)(C)NC(=O)N1CCC[C@H]1c1nnc(C(=O)Nc2ccc(Cl)cc2)s1. The summed E-state index contributed by atoms with van der Waals surface area (Å²) in [5.41, 5.74) is 0.322. The molecule has 3 rings (SSSR count). The third-order valence-electron chi connectivity index (χ3n) is 4.02. The minimum absolute atomic E-state index is 0.118. The topological polar surface area (TPSA) is 87.2 Å². The van der Waals surface area contributed by atoms with Crippen LogP contribution < -0.4 is 10.6 Å². The highest BCUT2D eigenvalue weighted by atomic mass is 35.5. The molecular weight excluding hydrogens is 386 g/mol. The summed E-state index contributed by atoms with van der Waals surface area (Å²) in [4.78, 5) is 26.7. The predicted octanol–water partition coefficient (Wildman–Crippen LogP) is 4.09. The van der Waals surface area contributed by atoms with E-state index in [0.717, 1.165) is 12.8 Å². The number of hydrogen-bond acceptors (Lipinski definition) is 5. The molecule has 0 unspecified atom stereocenters. The highest BCUT2D eigenvalue weighted by Crippen LogP contribution is 2.34. The van der Waals surface area contributed by atoms with E-state index in [1.54, 1.807) is 29.2 Å². The van der Waals surface area contributed by atoms with Gasteiger partial charge in [-0.2, -0.15) is 0 Å². The van der Waals surface area contributed by atoms with Gasteiger partial charge in [0.2, 0.25) is 5.01 Å². The van der Waals surface area contributed by atoms with E-state index in [1.165, 1.54) is 11.3 Å². The molecule has 2 heterocycles. The van der Waals surface area contributed by atoms with Crippen molar-refractivity contribution in [3.05, 3.63) is 39.3 Å². The molecule has 0 bridgehead atoms. The first kappa shape index (κ1) is 19.6. The fourth-order valence-corrected chi connectivity index (χ4v) is 3.85. The van der Waals surface area contributed by atoms with E-state index in [4.69, 9.17) is 11.6 Å². The Bertz CT molecular complexity index is 831. The van der Waals surface area contributed by atoms with Crippen molar-refractivity contribution < 1.29 is 9.59 Å². The number of nitrogens with one attached hydrogen (secondary N) is 2. The van der Waals surface area contributed by atoms with E-state index in [0.29, 0.717) is 22.3 Å². The zero-order valence-corrected chi connectivity index (χ0v) is 17.0. The number of anilines is 1. The first-order valence-electron chi connectivity index (χ1n) is 8.72. The number of carbonyl (C=O) groups excluding carboxylic acids is 2. The van der Waals surface area contributed by atoms with E-state index in [-0.39, 0.29) is 28.5 Å². The maximum absolute atomic E-state index is 12.5. The van der Waals surface area contributed by atoms with Crippen molar-refractivity contribution >= 4 is 40.6 Å². The minimum atomic E-state index is -0.329. The van der Waals surface area contributed by atoms with Crippen molar-refractivity contribution in [1.82, 2.24) is 20.4 Å². The lowest BCUT2D eigenvalue weighted by Crippen LogP contribution is -2.48. The van der Waals surface area contributed by atoms with Crippen LogP contribution in [0.5, 0.6) is 0 Å². The van der Waals surface area contributed by atoms with Crippen molar-refractivity contribution in [2.24, 2.45) is 0 Å². The lowest BCUT2D eigenvalue weighted by molar-refractivity contribution is 0.102. The smallest absolute Gasteiger partial charge is 0.318 e. The van der Waals surface area contributed by atoms with Gasteiger partial charge in [-0.3, -0.25) is 4.79 Å². The largest absolute Gasteiger partial charge is 0.333 e. The third kappa shape index (κ3) is 4.95. The van der Waals surface area contributed by atoms with Gasteiger partial charge in [-0.15, -0.1) is 10.2 Å². The number of benzene rings is 1. The van der Waals surface area contributed by atoms with E-state index >= 15 is 0 Å². The molecular formula is C18H22ClN5O2S. The van der Waals surface area contributed by atoms with Crippen LogP contribution in [-0.2, 0) is 0 Å². The molecule has 1 aromatic heterocycles. The maximum Gasteiger partial charge on any atom is 0.318 e. The van der Waals surface area contributed by atoms with Crippen LogP contribution in [0.1, 0.15) is 54.5 Å². The van der Waals surface area contributed by atoms with Crippen LogP contribution in [0, 0.1) is 0 Å². The van der Waals surface area contributed by atoms with Crippen LogP contribution in [0.2, 0.25) is 5.02 Å². The normalized spacial score (nSPS) is 17.0. The molecule has 0 saturated carbocycles. The molecule has 2 aromatic rings. The minimum Gasteiger partial charge on any atom is -0.333 e. The number of rotatable bonds is 3. The Hall–Kier alpha value is -2.19. The van der Waals surface area contributed by atoms with Crippen LogP contribution in [0.4, 0.5) is 10.5 Å². The Kier molecular flexibility index (Phi) is 5.67. The summed E-state index contributed by atoms with van der Waals surface area (Å²) in [7, 11) is 0. The van der Waals surface area contributed by atoms with Gasteiger partial charge in [-0.1, -0.05) is 22.9 Å². The Morgan fingerprint density at radius 2 is 1.93 bits per heavy atom. The Morgan fingerprint density at radius 3 is 2.59 bits per heavy atom. The number of nitrogens with zero attached hydrogens (tertiary/aromatic N) is 3. The van der Waals surface area contributed by atoms with Gasteiger partial charge in [-0.05, 0) is 57.9 Å². The summed E-state index contributed by atoms with van der Waals surface area (Å²) in [6.07, 6.45) is 1.71. The molecule has 1 aliphatic rings. The number of amides is 3. The van der Waals surface area contributed by atoms with Crippen molar-refractivity contribution in [3.63, 3.8) is 0 Å². The Morgan fingerprint density at radius 1 is 1.22 bits per heavy atom. The maximum atomic E-state index is 12.5. The van der Waals surface area contributed by atoms with Gasteiger partial charge in [0, 0.05) is 22.8 Å². The average Bonchev–Trinajstić information content (AvgIpc) is 3.24. The molecule has 0 aliphatic carbocycles. The predicted molar refractivity (Wildman–Crippen MR) is 106 cm³/mol.